The topological polar surface area (TPSA) is 47.5 Å². The number of aromatic nitrogens is 2. The first kappa shape index (κ1) is 16.2. The predicted molar refractivity (Wildman–Crippen MR) is 82.8 cm³/mol. The quantitative estimate of drug-likeness (QED) is 0.724. The molecule has 5 nitrogen and oxygen atoms in total. The van der Waals surface area contributed by atoms with Gasteiger partial charge in [-0.05, 0) is 19.3 Å². The summed E-state index contributed by atoms with van der Waals surface area (Å²) in [7, 11) is 0. The van der Waals surface area contributed by atoms with E-state index in [4.69, 9.17) is 21.1 Å². The maximum absolute atomic E-state index is 5.90. The number of halogens is 1. The minimum atomic E-state index is 0.0438. The van der Waals surface area contributed by atoms with Crippen LogP contribution in [0, 0.1) is 0 Å². The molecule has 2 rings (SSSR count). The molecule has 1 aromatic rings. The Morgan fingerprint density at radius 2 is 2.19 bits per heavy atom. The Hall–Kier alpha value is -1.17. The highest BCUT2D eigenvalue weighted by atomic mass is 35.5. The molecule has 2 heterocycles. The maximum Gasteiger partial charge on any atom is 0.316 e. The van der Waals surface area contributed by atoms with E-state index in [1.54, 1.807) is 12.4 Å². The van der Waals surface area contributed by atoms with Gasteiger partial charge in [-0.3, -0.25) is 4.90 Å². The van der Waals surface area contributed by atoms with E-state index in [2.05, 4.69) is 21.4 Å². The Morgan fingerprint density at radius 3 is 2.95 bits per heavy atom. The van der Waals surface area contributed by atoms with Crippen LogP contribution in [0.1, 0.15) is 19.3 Å². The molecule has 0 aromatic carbocycles. The Morgan fingerprint density at radius 1 is 1.38 bits per heavy atom. The highest BCUT2D eigenvalue weighted by Crippen LogP contribution is 2.13. The van der Waals surface area contributed by atoms with Crippen molar-refractivity contribution in [3.05, 3.63) is 30.1 Å². The van der Waals surface area contributed by atoms with Crippen LogP contribution in [0.15, 0.2) is 25.0 Å². The van der Waals surface area contributed by atoms with Crippen LogP contribution in [0.4, 0.5) is 0 Å². The van der Waals surface area contributed by atoms with Crippen molar-refractivity contribution < 1.29 is 9.47 Å². The summed E-state index contributed by atoms with van der Waals surface area (Å²) < 4.78 is 11.4. The molecule has 0 radical (unpaired) electrons. The highest BCUT2D eigenvalue weighted by molar-refractivity contribution is 6.30. The zero-order chi connectivity index (χ0) is 14.9. The minimum absolute atomic E-state index is 0.0438. The van der Waals surface area contributed by atoms with Crippen LogP contribution in [-0.4, -0.2) is 53.8 Å². The van der Waals surface area contributed by atoms with E-state index >= 15 is 0 Å². The second-order valence-corrected chi connectivity index (χ2v) is 5.49. The van der Waals surface area contributed by atoms with Gasteiger partial charge in [0.1, 0.15) is 6.10 Å². The summed E-state index contributed by atoms with van der Waals surface area (Å²) >= 11 is 5.79. The molecule has 116 valence electrons. The smallest absolute Gasteiger partial charge is 0.316 e. The lowest BCUT2D eigenvalue weighted by Gasteiger charge is -2.25. The fraction of sp³-hybridized carbons (Fsp3) is 0.600. The molecule has 0 spiro atoms. The molecule has 21 heavy (non-hydrogen) atoms. The summed E-state index contributed by atoms with van der Waals surface area (Å²) in [6.45, 7) is 8.23. The number of allylic oxidation sites excluding steroid dienone is 1. The van der Waals surface area contributed by atoms with Crippen molar-refractivity contribution in [1.82, 2.24) is 14.9 Å². The third kappa shape index (κ3) is 5.99. The summed E-state index contributed by atoms with van der Waals surface area (Å²) in [5.41, 5.74) is 0. The molecule has 0 N–H and O–H groups in total. The van der Waals surface area contributed by atoms with Gasteiger partial charge in [0.2, 0.25) is 0 Å². The number of hydrogen-bond acceptors (Lipinski definition) is 5. The molecule has 6 heteroatoms. The van der Waals surface area contributed by atoms with Gasteiger partial charge >= 0.3 is 6.01 Å². The van der Waals surface area contributed by atoms with E-state index < -0.39 is 0 Å². The van der Waals surface area contributed by atoms with Gasteiger partial charge in [0.05, 0.1) is 24.0 Å². The van der Waals surface area contributed by atoms with Gasteiger partial charge in [-0.15, -0.1) is 6.58 Å². The fourth-order valence-corrected chi connectivity index (χ4v) is 2.37. The summed E-state index contributed by atoms with van der Waals surface area (Å²) in [5.74, 6) is 0. The minimum Gasteiger partial charge on any atom is -0.459 e. The molecule has 1 atom stereocenters. The molecule has 1 saturated heterocycles. The average molecular weight is 312 g/mol. The lowest BCUT2D eigenvalue weighted by atomic mass is 10.2. The van der Waals surface area contributed by atoms with Crippen LogP contribution >= 0.6 is 11.6 Å². The summed E-state index contributed by atoms with van der Waals surface area (Å²) in [6.07, 6.45) is 7.91. The molecule has 1 aliphatic heterocycles. The molecular weight excluding hydrogens is 290 g/mol. The van der Waals surface area contributed by atoms with Gasteiger partial charge in [0.15, 0.2) is 0 Å². The van der Waals surface area contributed by atoms with Crippen molar-refractivity contribution in [2.24, 2.45) is 0 Å². The first-order chi connectivity index (χ1) is 10.3. The normalized spacial score (nSPS) is 18.0. The predicted octanol–water partition coefficient (Wildman–Crippen LogP) is 2.57. The average Bonchev–Trinajstić information content (AvgIpc) is 2.76. The van der Waals surface area contributed by atoms with Gasteiger partial charge in [0.25, 0.3) is 0 Å². The van der Waals surface area contributed by atoms with Crippen LogP contribution in [-0.2, 0) is 4.74 Å². The van der Waals surface area contributed by atoms with Gasteiger partial charge in [-0.1, -0.05) is 17.7 Å². The van der Waals surface area contributed by atoms with E-state index in [-0.39, 0.29) is 6.10 Å². The third-order valence-corrected chi connectivity index (χ3v) is 3.53. The van der Waals surface area contributed by atoms with Gasteiger partial charge < -0.3 is 9.47 Å². The van der Waals surface area contributed by atoms with Crippen molar-refractivity contribution in [2.45, 2.75) is 25.4 Å². The zero-order valence-electron chi connectivity index (χ0n) is 12.2. The fourth-order valence-electron chi connectivity index (χ4n) is 2.27. The third-order valence-electron chi connectivity index (χ3n) is 3.34. The zero-order valence-corrected chi connectivity index (χ0v) is 13.0. The molecule has 1 aliphatic rings. The molecule has 0 unspecified atom stereocenters. The molecule has 0 amide bonds. The first-order valence-electron chi connectivity index (χ1n) is 7.33. The Kier molecular flexibility index (Phi) is 6.92. The van der Waals surface area contributed by atoms with Crippen LogP contribution in [0.25, 0.3) is 0 Å². The lowest BCUT2D eigenvalue weighted by molar-refractivity contribution is 0.106. The lowest BCUT2D eigenvalue weighted by Crippen LogP contribution is -2.37. The van der Waals surface area contributed by atoms with Crippen LogP contribution < -0.4 is 4.74 Å². The van der Waals surface area contributed by atoms with Gasteiger partial charge in [-0.25, -0.2) is 9.97 Å². The number of rotatable bonds is 7. The summed E-state index contributed by atoms with van der Waals surface area (Å²) in [5, 5.41) is 0.509. The van der Waals surface area contributed by atoms with Gasteiger partial charge in [0, 0.05) is 26.2 Å². The van der Waals surface area contributed by atoms with Crippen LogP contribution in [0.5, 0.6) is 6.01 Å². The van der Waals surface area contributed by atoms with Gasteiger partial charge in [-0.2, -0.15) is 0 Å². The molecule has 0 bridgehead atoms. The van der Waals surface area contributed by atoms with E-state index in [9.17, 15) is 0 Å². The first-order valence-corrected chi connectivity index (χ1v) is 7.71. The molecule has 0 aliphatic carbocycles. The van der Waals surface area contributed by atoms with E-state index in [1.165, 1.54) is 0 Å². The highest BCUT2D eigenvalue weighted by Gasteiger charge is 2.18. The van der Waals surface area contributed by atoms with Crippen LogP contribution in [0.3, 0.4) is 0 Å². The number of ether oxygens (including phenoxy) is 2. The molecule has 1 fully saturated rings. The standard InChI is InChI=1S/C15H22ClN3O2/c1-2-3-5-14(12-19-6-4-8-20-9-7-19)21-15-17-10-13(16)11-18-15/h2,10-11,14H,1,3-9,12H2/t14-/m0/s1. The summed E-state index contributed by atoms with van der Waals surface area (Å²) in [6, 6.07) is 0.375. The number of nitrogens with zero attached hydrogens (tertiary/aromatic N) is 3. The molecule has 0 saturated carbocycles. The molecule has 1 aromatic heterocycles. The Labute approximate surface area is 130 Å². The SMILES string of the molecule is C=CCC[C@@H](CN1CCCOCC1)Oc1ncc(Cl)cn1. The van der Waals surface area contributed by atoms with Crippen molar-refractivity contribution in [2.75, 3.05) is 32.8 Å². The van der Waals surface area contributed by atoms with Crippen molar-refractivity contribution in [3.8, 4) is 6.01 Å². The second-order valence-electron chi connectivity index (χ2n) is 5.06. The largest absolute Gasteiger partial charge is 0.459 e. The maximum atomic E-state index is 5.90. The van der Waals surface area contributed by atoms with Crippen molar-refractivity contribution in [3.63, 3.8) is 0 Å². The van der Waals surface area contributed by atoms with E-state index in [1.807, 2.05) is 6.08 Å². The van der Waals surface area contributed by atoms with E-state index in [0.717, 1.165) is 52.1 Å². The molecular formula is C15H22ClN3O2. The number of hydrogen-bond donors (Lipinski definition) is 0. The monoisotopic (exact) mass is 311 g/mol. The van der Waals surface area contributed by atoms with E-state index in [0.29, 0.717) is 11.0 Å². The Balaban J connectivity index is 1.92. The van der Waals surface area contributed by atoms with Crippen LogP contribution in [0.2, 0.25) is 5.02 Å². The summed E-state index contributed by atoms with van der Waals surface area (Å²) in [4.78, 5) is 10.6. The Bertz CT molecular complexity index is 419. The van der Waals surface area contributed by atoms with Crippen molar-refractivity contribution in [1.29, 1.82) is 0 Å². The van der Waals surface area contributed by atoms with Crippen molar-refractivity contribution >= 4 is 11.6 Å². The second kappa shape index (κ2) is 8.97.